The minimum atomic E-state index is -3.03. The Balaban J connectivity index is 2.11. The van der Waals surface area contributed by atoms with Gasteiger partial charge in [0.2, 0.25) is 0 Å². The van der Waals surface area contributed by atoms with Crippen molar-refractivity contribution in [3.63, 3.8) is 0 Å². The first kappa shape index (κ1) is 26.9. The Morgan fingerprint density at radius 2 is 0.629 bits per heavy atom. The quantitative estimate of drug-likeness (QED) is 0.296. The summed E-state index contributed by atoms with van der Waals surface area (Å²) in [6.45, 7) is 18.7. The largest absolute Gasteiger partial charge is 0.372 e. The molecule has 0 saturated carbocycles. The molecule has 35 heavy (non-hydrogen) atoms. The van der Waals surface area contributed by atoms with E-state index in [9.17, 15) is 0 Å². The second-order valence-corrected chi connectivity index (χ2v) is 11.4. The van der Waals surface area contributed by atoms with E-state index in [1.54, 1.807) is 0 Å². The number of nitrogens with zero attached hydrogens (tertiary/aromatic N) is 3. The van der Waals surface area contributed by atoms with E-state index in [0.717, 1.165) is 55.2 Å². The van der Waals surface area contributed by atoms with E-state index >= 15 is 4.57 Å². The van der Waals surface area contributed by atoms with Gasteiger partial charge in [0.1, 0.15) is 0 Å². The first-order chi connectivity index (χ1) is 17.0. The molecule has 3 rings (SSSR count). The number of hydrogen-bond acceptors (Lipinski definition) is 4. The lowest BCUT2D eigenvalue weighted by atomic mass is 10.3. The van der Waals surface area contributed by atoms with Crippen molar-refractivity contribution >= 4 is 40.1 Å². The predicted octanol–water partition coefficient (Wildman–Crippen LogP) is 5.86. The third-order valence-corrected chi connectivity index (χ3v) is 10.1. The van der Waals surface area contributed by atoms with Gasteiger partial charge in [-0.2, -0.15) is 0 Å². The van der Waals surface area contributed by atoms with Crippen molar-refractivity contribution in [1.82, 2.24) is 0 Å². The first-order valence-corrected chi connectivity index (χ1v) is 14.8. The SMILES string of the molecule is CCN(CC)c1ccc(P(=O)(c2ccc(N(CC)CC)cc2)c2ccc(N(CC)CC)cc2)cc1. The molecule has 0 aliphatic rings. The number of rotatable bonds is 12. The van der Waals surface area contributed by atoms with E-state index in [1.165, 1.54) is 17.1 Å². The molecule has 0 bridgehead atoms. The van der Waals surface area contributed by atoms with Crippen LogP contribution >= 0.6 is 7.14 Å². The average molecular weight is 492 g/mol. The Kier molecular flexibility index (Phi) is 9.46. The zero-order valence-electron chi connectivity index (χ0n) is 22.4. The first-order valence-electron chi connectivity index (χ1n) is 13.1. The van der Waals surface area contributed by atoms with Crippen molar-refractivity contribution < 1.29 is 4.57 Å². The lowest BCUT2D eigenvalue weighted by molar-refractivity contribution is 0.592. The molecule has 0 spiro atoms. The van der Waals surface area contributed by atoms with Gasteiger partial charge in [-0.15, -0.1) is 0 Å². The zero-order chi connectivity index (χ0) is 25.4. The molecule has 0 radical (unpaired) electrons. The lowest BCUT2D eigenvalue weighted by Crippen LogP contribution is -2.27. The van der Waals surface area contributed by atoms with Crippen molar-refractivity contribution in [2.45, 2.75) is 41.5 Å². The molecule has 4 nitrogen and oxygen atoms in total. The fraction of sp³-hybridized carbons (Fsp3) is 0.400. The Hall–Kier alpha value is -2.71. The van der Waals surface area contributed by atoms with E-state index in [2.05, 4.69) is 129 Å². The average Bonchev–Trinajstić information content (AvgIpc) is 2.91. The minimum absolute atomic E-state index is 0.875. The monoisotopic (exact) mass is 491 g/mol. The lowest BCUT2D eigenvalue weighted by Gasteiger charge is -2.26. The molecule has 0 fully saturated rings. The summed E-state index contributed by atoms with van der Waals surface area (Å²) in [7, 11) is -3.03. The summed E-state index contributed by atoms with van der Waals surface area (Å²) in [6.07, 6.45) is 0. The fourth-order valence-electron chi connectivity index (χ4n) is 4.83. The third kappa shape index (κ3) is 5.59. The van der Waals surface area contributed by atoms with Crippen LogP contribution in [0, 0.1) is 0 Å². The molecule has 0 unspecified atom stereocenters. The highest BCUT2D eigenvalue weighted by atomic mass is 31.2. The van der Waals surface area contributed by atoms with E-state index in [1.807, 2.05) is 0 Å². The topological polar surface area (TPSA) is 26.8 Å². The molecule has 188 valence electrons. The van der Waals surface area contributed by atoms with Crippen molar-refractivity contribution in [2.24, 2.45) is 0 Å². The van der Waals surface area contributed by atoms with Crippen molar-refractivity contribution in [2.75, 3.05) is 54.0 Å². The van der Waals surface area contributed by atoms with Crippen LogP contribution in [0.1, 0.15) is 41.5 Å². The van der Waals surface area contributed by atoms with Gasteiger partial charge in [0.15, 0.2) is 7.14 Å². The molecule has 0 aromatic heterocycles. The number of hydrogen-bond donors (Lipinski definition) is 0. The molecule has 3 aromatic carbocycles. The van der Waals surface area contributed by atoms with Gasteiger partial charge in [-0.3, -0.25) is 0 Å². The van der Waals surface area contributed by atoms with Gasteiger partial charge in [-0.1, -0.05) is 0 Å². The van der Waals surface area contributed by atoms with Crippen molar-refractivity contribution in [3.8, 4) is 0 Å². The third-order valence-electron chi connectivity index (χ3n) is 7.03. The Morgan fingerprint density at radius 1 is 0.429 bits per heavy atom. The molecule has 0 amide bonds. The molecule has 0 N–H and O–H groups in total. The van der Waals surface area contributed by atoms with Gasteiger partial charge in [0.25, 0.3) is 0 Å². The van der Waals surface area contributed by atoms with Crippen molar-refractivity contribution in [3.05, 3.63) is 72.8 Å². The van der Waals surface area contributed by atoms with Crippen LogP contribution in [0.25, 0.3) is 0 Å². The molecule has 0 aliphatic heterocycles. The molecule has 5 heteroatoms. The van der Waals surface area contributed by atoms with Crippen molar-refractivity contribution in [1.29, 1.82) is 0 Å². The van der Waals surface area contributed by atoms with E-state index < -0.39 is 7.14 Å². The van der Waals surface area contributed by atoms with Gasteiger partial charge in [-0.05, 0) is 114 Å². The van der Waals surface area contributed by atoms with Crippen LogP contribution in [0.5, 0.6) is 0 Å². The molecule has 0 aliphatic carbocycles. The zero-order valence-corrected chi connectivity index (χ0v) is 23.3. The van der Waals surface area contributed by atoms with E-state index in [4.69, 9.17) is 0 Å². The summed E-state index contributed by atoms with van der Waals surface area (Å²) in [6, 6.07) is 25.1. The number of benzene rings is 3. The summed E-state index contributed by atoms with van der Waals surface area (Å²) in [5, 5.41) is 2.62. The van der Waals surface area contributed by atoms with Gasteiger partial charge < -0.3 is 19.3 Å². The Morgan fingerprint density at radius 3 is 0.800 bits per heavy atom. The second kappa shape index (κ2) is 12.3. The summed E-state index contributed by atoms with van der Waals surface area (Å²) >= 11 is 0. The molecular weight excluding hydrogens is 449 g/mol. The van der Waals surface area contributed by atoms with Gasteiger partial charge in [-0.25, -0.2) is 0 Å². The highest BCUT2D eigenvalue weighted by Crippen LogP contribution is 2.43. The van der Waals surface area contributed by atoms with Gasteiger partial charge in [0.05, 0.1) is 0 Å². The maximum Gasteiger partial charge on any atom is 0.171 e. The van der Waals surface area contributed by atoms with Crippen LogP contribution in [0.2, 0.25) is 0 Å². The van der Waals surface area contributed by atoms with E-state index in [-0.39, 0.29) is 0 Å². The summed E-state index contributed by atoms with van der Waals surface area (Å²) in [5.74, 6) is 0. The molecular formula is C30H42N3OP. The summed E-state index contributed by atoms with van der Waals surface area (Å²) < 4.78 is 15.0. The predicted molar refractivity (Wildman–Crippen MR) is 157 cm³/mol. The summed E-state index contributed by atoms with van der Waals surface area (Å²) in [5.41, 5.74) is 3.50. The second-order valence-electron chi connectivity index (χ2n) is 8.68. The van der Waals surface area contributed by atoms with Crippen LogP contribution in [0.3, 0.4) is 0 Å². The van der Waals surface area contributed by atoms with Gasteiger partial charge >= 0.3 is 0 Å². The van der Waals surface area contributed by atoms with Gasteiger partial charge in [0, 0.05) is 72.2 Å². The molecule has 3 aromatic rings. The van der Waals surface area contributed by atoms with Crippen LogP contribution in [-0.2, 0) is 4.57 Å². The van der Waals surface area contributed by atoms with Crippen LogP contribution in [-0.4, -0.2) is 39.3 Å². The maximum atomic E-state index is 15.0. The normalized spacial score (nSPS) is 11.4. The smallest absolute Gasteiger partial charge is 0.171 e. The number of anilines is 3. The molecule has 0 heterocycles. The van der Waals surface area contributed by atoms with E-state index in [0.29, 0.717) is 0 Å². The maximum absolute atomic E-state index is 15.0. The van der Waals surface area contributed by atoms with Crippen LogP contribution in [0.4, 0.5) is 17.1 Å². The summed E-state index contributed by atoms with van der Waals surface area (Å²) in [4.78, 5) is 6.94. The highest BCUT2D eigenvalue weighted by molar-refractivity contribution is 7.85. The standard InChI is InChI=1S/C30H42N3OP/c1-7-31(8-2)25-13-19-28(20-14-25)35(34,29-21-15-26(16-22-29)32(9-3)10-4)30-23-17-27(18-24-30)33(11-5)12-6/h13-24H,7-12H2,1-6H3. The minimum Gasteiger partial charge on any atom is -0.372 e. The Bertz CT molecular complexity index is 940. The Labute approximate surface area is 212 Å². The fourth-order valence-corrected chi connectivity index (χ4v) is 7.43. The highest BCUT2D eigenvalue weighted by Gasteiger charge is 2.30. The van der Waals surface area contributed by atoms with Crippen LogP contribution < -0.4 is 30.6 Å². The molecule has 0 saturated heterocycles. The molecule has 0 atom stereocenters. The van der Waals surface area contributed by atoms with Crippen LogP contribution in [0.15, 0.2) is 72.8 Å².